The lowest BCUT2D eigenvalue weighted by Gasteiger charge is -2.45. The van der Waals surface area contributed by atoms with Crippen molar-refractivity contribution in [3.8, 4) is 0 Å². The van der Waals surface area contributed by atoms with E-state index in [4.69, 9.17) is 4.74 Å². The summed E-state index contributed by atoms with van der Waals surface area (Å²) in [6.07, 6.45) is 2.35. The maximum atomic E-state index is 14.3. The van der Waals surface area contributed by atoms with Gasteiger partial charge in [0.2, 0.25) is 11.8 Å². The number of rotatable bonds is 11. The zero-order valence-corrected chi connectivity index (χ0v) is 24.9. The number of hydrogen-bond donors (Lipinski definition) is 2. The highest BCUT2D eigenvalue weighted by molar-refractivity contribution is 7.98. The van der Waals surface area contributed by atoms with Crippen molar-refractivity contribution >= 4 is 29.7 Å². The number of carbonyl (C=O) groups is 3. The number of amides is 3. The predicted molar refractivity (Wildman–Crippen MR) is 149 cm³/mol. The number of alkyl carbamates (subject to hydrolysis) is 1. The van der Waals surface area contributed by atoms with E-state index in [-0.39, 0.29) is 17.9 Å². The van der Waals surface area contributed by atoms with Crippen LogP contribution in [0.4, 0.5) is 4.79 Å². The van der Waals surface area contributed by atoms with Gasteiger partial charge in [0.05, 0.1) is 0 Å². The fourth-order valence-electron chi connectivity index (χ4n) is 3.87. The van der Waals surface area contributed by atoms with Gasteiger partial charge in [-0.15, -0.1) is 0 Å². The van der Waals surface area contributed by atoms with E-state index >= 15 is 0 Å². The summed E-state index contributed by atoms with van der Waals surface area (Å²) in [5.41, 5.74) is 1.35. The van der Waals surface area contributed by atoms with Crippen LogP contribution in [-0.2, 0) is 14.3 Å². The Kier molecular flexibility index (Phi) is 11.8. The minimum atomic E-state index is -0.855. The Labute approximate surface area is 222 Å². The van der Waals surface area contributed by atoms with Gasteiger partial charge >= 0.3 is 6.09 Å². The smallest absolute Gasteiger partial charge is 0.408 e. The van der Waals surface area contributed by atoms with Crippen molar-refractivity contribution in [1.82, 2.24) is 15.5 Å². The van der Waals surface area contributed by atoms with Crippen molar-refractivity contribution in [2.45, 2.75) is 111 Å². The van der Waals surface area contributed by atoms with Crippen LogP contribution in [0.1, 0.15) is 91.0 Å². The summed E-state index contributed by atoms with van der Waals surface area (Å²) in [6.45, 7) is 19.0. The van der Waals surface area contributed by atoms with E-state index in [9.17, 15) is 14.4 Å². The van der Waals surface area contributed by atoms with Crippen molar-refractivity contribution in [3.63, 3.8) is 0 Å². The maximum Gasteiger partial charge on any atom is 0.408 e. The number of hydrogen-bond acceptors (Lipinski definition) is 5. The summed E-state index contributed by atoms with van der Waals surface area (Å²) in [6, 6.07) is 4.16. The molecule has 0 aromatic heterocycles. The Bertz CT molecular complexity index is 909. The molecule has 2 unspecified atom stereocenters. The van der Waals surface area contributed by atoms with E-state index in [0.717, 1.165) is 16.7 Å². The highest BCUT2D eigenvalue weighted by Gasteiger charge is 2.43. The molecule has 7 nitrogen and oxygen atoms in total. The molecule has 0 saturated heterocycles. The topological polar surface area (TPSA) is 87.7 Å². The molecule has 0 fully saturated rings. The molecule has 204 valence electrons. The number of aryl methyl sites for hydroxylation is 2. The molecule has 0 saturated carbocycles. The van der Waals surface area contributed by atoms with Crippen molar-refractivity contribution in [1.29, 1.82) is 0 Å². The molecule has 2 atom stereocenters. The average Bonchev–Trinajstić information content (AvgIpc) is 2.74. The third kappa shape index (κ3) is 9.34. The van der Waals surface area contributed by atoms with Crippen molar-refractivity contribution in [2.24, 2.45) is 0 Å². The summed E-state index contributed by atoms with van der Waals surface area (Å²) < 4.78 is 5.46. The second kappa shape index (κ2) is 13.4. The first kappa shape index (κ1) is 31.8. The fraction of sp³-hybridized carbons (Fsp3) is 0.679. The predicted octanol–water partition coefficient (Wildman–Crippen LogP) is 5.53. The van der Waals surface area contributed by atoms with Gasteiger partial charge in [-0.3, -0.25) is 9.59 Å². The lowest BCUT2D eigenvalue weighted by molar-refractivity contribution is -0.149. The zero-order chi connectivity index (χ0) is 27.8. The normalized spacial score (nSPS) is 13.7. The number of ether oxygens (including phenoxy) is 1. The largest absolute Gasteiger partial charge is 0.444 e. The summed E-state index contributed by atoms with van der Waals surface area (Å²) in [5, 5.41) is 5.82. The van der Waals surface area contributed by atoms with E-state index < -0.39 is 29.3 Å². The molecule has 1 aromatic carbocycles. The van der Waals surface area contributed by atoms with Crippen LogP contribution in [0.5, 0.6) is 0 Å². The molecule has 0 spiro atoms. The molecule has 0 radical (unpaired) electrons. The molecule has 0 aliphatic carbocycles. The monoisotopic (exact) mass is 521 g/mol. The van der Waals surface area contributed by atoms with Gasteiger partial charge in [0.15, 0.2) is 0 Å². The molecular weight excluding hydrogens is 474 g/mol. The van der Waals surface area contributed by atoms with Crippen LogP contribution >= 0.6 is 11.8 Å². The fourth-order valence-corrected chi connectivity index (χ4v) is 4.34. The maximum absolute atomic E-state index is 14.3. The minimum Gasteiger partial charge on any atom is -0.444 e. The Morgan fingerprint density at radius 3 is 2.17 bits per heavy atom. The SMILES string of the molecule is CCC(C)(C)N(C(=O)C(CCSC)NC(=O)OC(C)(C)C)C(C(=O)NC(C)C)c1cc(C)ccc1C. The van der Waals surface area contributed by atoms with Crippen molar-refractivity contribution in [3.05, 3.63) is 34.9 Å². The van der Waals surface area contributed by atoms with Crippen molar-refractivity contribution < 1.29 is 19.1 Å². The zero-order valence-electron chi connectivity index (χ0n) is 24.1. The standard InChI is InChI=1S/C28H47N3O4S/c1-12-28(9,10)31(25(33)22(15-16-36-11)30-26(34)35-27(6,7)8)23(24(32)29-18(2)3)21-17-19(4)13-14-20(21)5/h13-14,17-18,22-23H,12,15-16H2,1-11H3,(H,29,32)(H,30,34). The Morgan fingerprint density at radius 2 is 1.67 bits per heavy atom. The van der Waals surface area contributed by atoms with Gasteiger partial charge in [0.25, 0.3) is 0 Å². The van der Waals surface area contributed by atoms with E-state index in [2.05, 4.69) is 10.6 Å². The molecule has 0 aliphatic rings. The summed E-state index contributed by atoms with van der Waals surface area (Å²) in [5.74, 6) is 0.125. The highest BCUT2D eigenvalue weighted by Crippen LogP contribution is 2.34. The molecule has 36 heavy (non-hydrogen) atoms. The Hall–Kier alpha value is -2.22. The molecule has 1 rings (SSSR count). The lowest BCUT2D eigenvalue weighted by atomic mass is 9.89. The van der Waals surface area contributed by atoms with E-state index in [1.807, 2.05) is 72.9 Å². The number of nitrogens with zero attached hydrogens (tertiary/aromatic N) is 1. The average molecular weight is 522 g/mol. The van der Waals surface area contributed by atoms with E-state index in [1.54, 1.807) is 37.4 Å². The number of nitrogens with one attached hydrogen (secondary N) is 2. The molecule has 2 N–H and O–H groups in total. The highest BCUT2D eigenvalue weighted by atomic mass is 32.2. The number of benzene rings is 1. The second-order valence-electron chi connectivity index (χ2n) is 11.3. The number of carbonyl (C=O) groups excluding carboxylic acids is 3. The van der Waals surface area contributed by atoms with Gasteiger partial charge in [0, 0.05) is 11.6 Å². The first-order valence-corrected chi connectivity index (χ1v) is 14.1. The second-order valence-corrected chi connectivity index (χ2v) is 12.3. The summed E-state index contributed by atoms with van der Waals surface area (Å²) in [4.78, 5) is 42.5. The molecule has 0 heterocycles. The van der Waals surface area contributed by atoms with Crippen LogP contribution in [0.2, 0.25) is 0 Å². The van der Waals surface area contributed by atoms with Crippen LogP contribution in [0.15, 0.2) is 18.2 Å². The van der Waals surface area contributed by atoms with Gasteiger partial charge in [0.1, 0.15) is 17.7 Å². The third-order valence-corrected chi connectivity index (χ3v) is 6.67. The van der Waals surface area contributed by atoms with E-state index in [1.165, 1.54) is 0 Å². The quantitative estimate of drug-likeness (QED) is 0.400. The molecule has 1 aromatic rings. The van der Waals surface area contributed by atoms with Crippen LogP contribution < -0.4 is 10.6 Å². The van der Waals surface area contributed by atoms with E-state index in [0.29, 0.717) is 18.6 Å². The first-order chi connectivity index (χ1) is 16.5. The number of thioether (sulfide) groups is 1. The molecule has 0 bridgehead atoms. The Balaban J connectivity index is 3.69. The van der Waals surface area contributed by atoms with Crippen molar-refractivity contribution in [2.75, 3.05) is 12.0 Å². The lowest BCUT2D eigenvalue weighted by Crippen LogP contribution is -2.59. The van der Waals surface area contributed by atoms with Gasteiger partial charge in [-0.2, -0.15) is 11.8 Å². The summed E-state index contributed by atoms with van der Waals surface area (Å²) in [7, 11) is 0. The van der Waals surface area contributed by atoms with Gasteiger partial charge in [-0.1, -0.05) is 30.7 Å². The van der Waals surface area contributed by atoms with Crippen LogP contribution in [0, 0.1) is 13.8 Å². The van der Waals surface area contributed by atoms with Gasteiger partial charge < -0.3 is 20.3 Å². The Morgan fingerprint density at radius 1 is 1.06 bits per heavy atom. The third-order valence-electron chi connectivity index (χ3n) is 6.02. The molecular formula is C28H47N3O4S. The molecule has 3 amide bonds. The first-order valence-electron chi connectivity index (χ1n) is 12.7. The van der Waals surface area contributed by atoms with Crippen LogP contribution in [0.3, 0.4) is 0 Å². The van der Waals surface area contributed by atoms with Crippen LogP contribution in [-0.4, -0.2) is 58.0 Å². The van der Waals surface area contributed by atoms with Gasteiger partial charge in [-0.25, -0.2) is 4.79 Å². The molecule has 8 heteroatoms. The minimum absolute atomic E-state index is 0.0982. The summed E-state index contributed by atoms with van der Waals surface area (Å²) >= 11 is 1.59. The molecule has 0 aliphatic heterocycles. The van der Waals surface area contributed by atoms with Gasteiger partial charge in [-0.05, 0) is 98.3 Å². The van der Waals surface area contributed by atoms with Crippen LogP contribution in [0.25, 0.3) is 0 Å².